The minimum absolute atomic E-state index is 0.00519. The third-order valence-electron chi connectivity index (χ3n) is 2.83. The lowest BCUT2D eigenvalue weighted by Gasteiger charge is -2.10. The number of pyridine rings is 1. The number of fused-ring (bicyclic) bond motifs is 1. The van der Waals surface area contributed by atoms with E-state index < -0.39 is 17.8 Å². The summed E-state index contributed by atoms with van der Waals surface area (Å²) in [5, 5.41) is 0.0738. The summed E-state index contributed by atoms with van der Waals surface area (Å²) in [4.78, 5) is 3.91. The Balaban J connectivity index is 2.55. The second-order valence-electron chi connectivity index (χ2n) is 4.10. The van der Waals surface area contributed by atoms with Gasteiger partial charge < -0.3 is 0 Å². The van der Waals surface area contributed by atoms with E-state index in [1.165, 1.54) is 13.0 Å². The summed E-state index contributed by atoms with van der Waals surface area (Å²) in [7, 11) is 0. The van der Waals surface area contributed by atoms with Gasteiger partial charge in [-0.05, 0) is 30.0 Å². The first-order valence-electron chi connectivity index (χ1n) is 8.06. The van der Waals surface area contributed by atoms with Crippen molar-refractivity contribution in [3.05, 3.63) is 65.7 Å². The molecule has 3 rings (SSSR count). The highest BCUT2D eigenvalue weighted by molar-refractivity contribution is 5.95. The van der Waals surface area contributed by atoms with E-state index in [2.05, 4.69) is 4.98 Å². The summed E-state index contributed by atoms with van der Waals surface area (Å²) in [6, 6.07) is 1.63. The van der Waals surface area contributed by atoms with Gasteiger partial charge in [0.1, 0.15) is 11.6 Å². The molecular formula is C16H11F2N. The van der Waals surface area contributed by atoms with Crippen molar-refractivity contribution in [3.8, 4) is 11.3 Å². The first-order valence-corrected chi connectivity index (χ1v) is 5.56. The summed E-state index contributed by atoms with van der Waals surface area (Å²) >= 11 is 0. The Morgan fingerprint density at radius 3 is 2.79 bits per heavy atom. The van der Waals surface area contributed by atoms with Crippen LogP contribution in [0.2, 0.25) is 0 Å². The molecule has 0 spiro atoms. The molecular weight excluding hydrogens is 244 g/mol. The molecule has 94 valence electrons. The number of hydrogen-bond donors (Lipinski definition) is 0. The van der Waals surface area contributed by atoms with Gasteiger partial charge in [-0.3, -0.25) is 4.98 Å². The van der Waals surface area contributed by atoms with Crippen molar-refractivity contribution in [3.63, 3.8) is 0 Å². The lowest BCUT2D eigenvalue weighted by Crippen LogP contribution is -1.94. The number of nitrogens with zero attached hydrogens (tertiary/aromatic N) is 1. The number of hydrogen-bond acceptors (Lipinski definition) is 1. The van der Waals surface area contributed by atoms with Crippen molar-refractivity contribution in [1.29, 1.82) is 0 Å². The highest BCUT2D eigenvalue weighted by atomic mass is 19.1. The van der Waals surface area contributed by atoms with Gasteiger partial charge in [-0.1, -0.05) is 24.2 Å². The van der Waals surface area contributed by atoms with E-state index in [4.69, 9.17) is 6.85 Å². The molecule has 0 aliphatic carbocycles. The molecule has 0 amide bonds. The summed E-state index contributed by atoms with van der Waals surface area (Å²) in [6.07, 6.45) is -0.447. The summed E-state index contributed by atoms with van der Waals surface area (Å²) in [5.74, 6) is -1.67. The molecule has 0 fully saturated rings. The average Bonchev–Trinajstić information content (AvgIpc) is 2.48. The minimum atomic E-state index is -0.903. The molecule has 0 atom stereocenters. The van der Waals surface area contributed by atoms with Gasteiger partial charge in [-0.25, -0.2) is 8.78 Å². The molecule has 0 aliphatic heterocycles. The molecule has 1 heterocycles. The van der Waals surface area contributed by atoms with E-state index in [0.717, 1.165) is 6.07 Å². The van der Waals surface area contributed by atoms with Gasteiger partial charge in [0.2, 0.25) is 0 Å². The zero-order chi connectivity index (χ0) is 17.8. The van der Waals surface area contributed by atoms with E-state index in [9.17, 15) is 8.78 Å². The van der Waals surface area contributed by atoms with Crippen LogP contribution in [-0.2, 0) is 0 Å². The van der Waals surface area contributed by atoms with Crippen LogP contribution < -0.4 is 0 Å². The molecule has 0 saturated heterocycles. The Morgan fingerprint density at radius 1 is 1.16 bits per heavy atom. The molecule has 0 N–H and O–H groups in total. The molecule has 19 heavy (non-hydrogen) atoms. The van der Waals surface area contributed by atoms with Gasteiger partial charge in [0.15, 0.2) is 0 Å². The van der Waals surface area contributed by atoms with Crippen LogP contribution in [0.4, 0.5) is 8.78 Å². The third kappa shape index (κ3) is 1.97. The molecule has 0 bridgehead atoms. The average molecular weight is 260 g/mol. The van der Waals surface area contributed by atoms with Crippen molar-refractivity contribution in [2.45, 2.75) is 6.92 Å². The van der Waals surface area contributed by atoms with Crippen LogP contribution in [0.1, 0.15) is 12.4 Å². The predicted octanol–water partition coefficient (Wildman–Crippen LogP) is 4.49. The molecule has 1 aromatic heterocycles. The minimum Gasteiger partial charge on any atom is -0.255 e. The second kappa shape index (κ2) is 4.43. The largest absolute Gasteiger partial charge is 0.255 e. The summed E-state index contributed by atoms with van der Waals surface area (Å²) < 4.78 is 67.0. The zero-order valence-electron chi connectivity index (χ0n) is 14.9. The molecule has 0 aliphatic rings. The number of benzene rings is 2. The van der Waals surface area contributed by atoms with Crippen LogP contribution in [0.25, 0.3) is 22.0 Å². The van der Waals surface area contributed by atoms with E-state index in [-0.39, 0.29) is 51.8 Å². The fourth-order valence-corrected chi connectivity index (χ4v) is 2.01. The highest BCUT2D eigenvalue weighted by Gasteiger charge is 2.14. The Hall–Kier alpha value is -2.29. The highest BCUT2D eigenvalue weighted by Crippen LogP contribution is 2.31. The zero-order valence-corrected chi connectivity index (χ0v) is 9.94. The van der Waals surface area contributed by atoms with Crippen molar-refractivity contribution >= 4 is 10.8 Å². The summed E-state index contributed by atoms with van der Waals surface area (Å²) in [6.45, 7) is 1.47. The second-order valence-corrected chi connectivity index (χ2v) is 4.10. The molecule has 1 nitrogen and oxygen atoms in total. The number of rotatable bonds is 1. The van der Waals surface area contributed by atoms with Crippen LogP contribution >= 0.6 is 0 Å². The first-order chi connectivity index (χ1) is 11.2. The molecule has 0 unspecified atom stereocenters. The normalized spacial score (nSPS) is 14.6. The molecule has 3 heteroatoms. The van der Waals surface area contributed by atoms with Crippen LogP contribution in [0.15, 0.2) is 48.5 Å². The number of aryl methyl sites for hydroxylation is 1. The van der Waals surface area contributed by atoms with E-state index in [1.807, 2.05) is 0 Å². The molecule has 3 aromatic rings. The van der Waals surface area contributed by atoms with Gasteiger partial charge in [0.25, 0.3) is 0 Å². The maximum absolute atomic E-state index is 14.3. The Labute approximate surface area is 116 Å². The first kappa shape index (κ1) is 7.34. The van der Waals surface area contributed by atoms with Gasteiger partial charge in [0, 0.05) is 23.2 Å². The monoisotopic (exact) mass is 260 g/mol. The molecule has 2 aromatic carbocycles. The maximum atomic E-state index is 14.3. The fourth-order valence-electron chi connectivity index (χ4n) is 2.01. The summed E-state index contributed by atoms with van der Waals surface area (Å²) in [5.41, 5.74) is 0.0411. The topological polar surface area (TPSA) is 12.9 Å². The van der Waals surface area contributed by atoms with Crippen molar-refractivity contribution in [1.82, 2.24) is 4.98 Å². The van der Waals surface area contributed by atoms with E-state index in [0.29, 0.717) is 6.07 Å². The van der Waals surface area contributed by atoms with Crippen LogP contribution in [-0.4, -0.2) is 4.98 Å². The van der Waals surface area contributed by atoms with Gasteiger partial charge >= 0.3 is 0 Å². The predicted molar refractivity (Wildman–Crippen MR) is 71.8 cm³/mol. The van der Waals surface area contributed by atoms with Crippen LogP contribution in [0.3, 0.4) is 0 Å². The lowest BCUT2D eigenvalue weighted by molar-refractivity contribution is 0.583. The van der Waals surface area contributed by atoms with Gasteiger partial charge in [0.05, 0.1) is 12.5 Å². The Kier molecular flexibility index (Phi) is 1.71. The maximum Gasteiger partial charge on any atom is 0.135 e. The van der Waals surface area contributed by atoms with Crippen LogP contribution in [0.5, 0.6) is 0 Å². The van der Waals surface area contributed by atoms with E-state index >= 15 is 0 Å². The van der Waals surface area contributed by atoms with Gasteiger partial charge in [-0.2, -0.15) is 0 Å². The smallest absolute Gasteiger partial charge is 0.135 e. The van der Waals surface area contributed by atoms with Crippen molar-refractivity contribution in [2.24, 2.45) is 0 Å². The Morgan fingerprint density at radius 2 is 2.00 bits per heavy atom. The fraction of sp³-hybridized carbons (Fsp3) is 0.0625. The quantitative estimate of drug-likeness (QED) is 0.628. The van der Waals surface area contributed by atoms with Gasteiger partial charge in [-0.15, -0.1) is 0 Å². The standard InChI is InChI=1S/C16H11F2N/c1-10-8-12(17)9-14(18)15(10)16-13-5-3-2-4-11(13)6-7-19-16/h2-9H,1H3/i2D,3D,5D,6D,7D. The van der Waals surface area contributed by atoms with E-state index in [1.54, 1.807) is 0 Å². The molecule has 0 saturated carbocycles. The van der Waals surface area contributed by atoms with Crippen molar-refractivity contribution in [2.75, 3.05) is 0 Å². The Bertz CT molecular complexity index is 981. The SMILES string of the molecule is [2H]c1cc2c([2H])c([2H])nc(-c3c(C)cc(F)cc3F)c2c([2H])c1[2H]. The third-order valence-corrected chi connectivity index (χ3v) is 2.83. The molecule has 0 radical (unpaired) electrons. The van der Waals surface area contributed by atoms with Crippen LogP contribution in [0, 0.1) is 18.6 Å². The van der Waals surface area contributed by atoms with Crippen molar-refractivity contribution < 1.29 is 15.6 Å². The lowest BCUT2D eigenvalue weighted by atomic mass is 9.99. The number of halogens is 2. The number of aromatic nitrogens is 1.